The van der Waals surface area contributed by atoms with Gasteiger partial charge in [-0.2, -0.15) is 0 Å². The smallest absolute Gasteiger partial charge is 0.258 e. The number of halogens is 3. The molecule has 0 unspecified atom stereocenters. The molecule has 0 bridgehead atoms. The molecule has 2 aliphatic heterocycles. The summed E-state index contributed by atoms with van der Waals surface area (Å²) in [4.78, 5) is 28.7. The first-order valence-corrected chi connectivity index (χ1v) is 13.3. The molecule has 2 aromatic rings. The van der Waals surface area contributed by atoms with E-state index in [9.17, 15) is 18.4 Å². The first-order valence-electron chi connectivity index (χ1n) is 13.3. The van der Waals surface area contributed by atoms with Crippen molar-refractivity contribution in [3.05, 3.63) is 53.6 Å². The normalized spacial score (nSPS) is 19.4. The average molecular weight is 532 g/mol. The Labute approximate surface area is 221 Å². The van der Waals surface area contributed by atoms with Crippen molar-refractivity contribution in [1.29, 1.82) is 0 Å². The molecule has 206 valence electrons. The molecule has 0 aliphatic carbocycles. The molecule has 1 atom stereocenters. The van der Waals surface area contributed by atoms with Crippen molar-refractivity contribution in [2.24, 2.45) is 11.7 Å². The monoisotopic (exact) mass is 531 g/mol. The molecule has 2 aliphatic rings. The number of carbonyl (C=O) groups is 2. The van der Waals surface area contributed by atoms with Crippen molar-refractivity contribution < 1.29 is 27.5 Å². The van der Waals surface area contributed by atoms with Crippen LogP contribution in [0.15, 0.2) is 36.4 Å². The summed E-state index contributed by atoms with van der Waals surface area (Å²) >= 11 is 0. The quantitative estimate of drug-likeness (QED) is 0.523. The fraction of sp³-hybridized carbons (Fsp3) is 0.517. The van der Waals surface area contributed by atoms with Gasteiger partial charge in [-0.1, -0.05) is 18.2 Å². The highest BCUT2D eigenvalue weighted by Crippen LogP contribution is 2.32. The van der Waals surface area contributed by atoms with Gasteiger partial charge in [0.25, 0.3) is 5.91 Å². The molecule has 0 saturated carbocycles. The molecule has 0 spiro atoms. The predicted molar refractivity (Wildman–Crippen MR) is 140 cm³/mol. The van der Waals surface area contributed by atoms with Crippen LogP contribution in [0.3, 0.4) is 0 Å². The molecule has 2 N–H and O–H groups in total. The number of benzene rings is 2. The Bertz CT molecular complexity index is 1160. The van der Waals surface area contributed by atoms with Gasteiger partial charge in [0, 0.05) is 13.1 Å². The summed E-state index contributed by atoms with van der Waals surface area (Å²) in [6, 6.07) is 7.70. The summed E-state index contributed by atoms with van der Waals surface area (Å²) in [5, 5.41) is 0. The first kappa shape index (κ1) is 28.0. The van der Waals surface area contributed by atoms with Crippen LogP contribution in [0.5, 0.6) is 5.75 Å². The van der Waals surface area contributed by atoms with E-state index in [-0.39, 0.29) is 22.8 Å². The Kier molecular flexibility index (Phi) is 8.65. The van der Waals surface area contributed by atoms with Crippen LogP contribution in [0.4, 0.5) is 13.2 Å². The van der Waals surface area contributed by atoms with Gasteiger partial charge in [0.15, 0.2) is 11.6 Å². The topological polar surface area (TPSA) is 75.9 Å². The highest BCUT2D eigenvalue weighted by molar-refractivity contribution is 6.03. The van der Waals surface area contributed by atoms with Crippen molar-refractivity contribution in [2.45, 2.75) is 57.7 Å². The second-order valence-electron chi connectivity index (χ2n) is 11.0. The summed E-state index contributed by atoms with van der Waals surface area (Å²) in [7, 11) is 0. The molecule has 2 saturated heterocycles. The molecule has 2 heterocycles. The molecule has 6 nitrogen and oxygen atoms in total. The maximum absolute atomic E-state index is 15.1. The number of ether oxygens (including phenoxy) is 1. The first-order chi connectivity index (χ1) is 18.0. The van der Waals surface area contributed by atoms with Crippen molar-refractivity contribution >= 4 is 11.8 Å². The van der Waals surface area contributed by atoms with E-state index in [1.165, 1.54) is 29.2 Å². The van der Waals surface area contributed by atoms with E-state index < -0.39 is 35.2 Å². The number of hydrogen-bond acceptors (Lipinski definition) is 4. The van der Waals surface area contributed by atoms with Crippen molar-refractivity contribution in [2.75, 3.05) is 32.8 Å². The third-order valence-corrected chi connectivity index (χ3v) is 7.34. The van der Waals surface area contributed by atoms with Gasteiger partial charge in [-0.05, 0) is 94.3 Å². The highest BCUT2D eigenvalue weighted by atomic mass is 19.1. The summed E-state index contributed by atoms with van der Waals surface area (Å²) in [5.41, 5.74) is 4.61. The third-order valence-electron chi connectivity index (χ3n) is 7.34. The van der Waals surface area contributed by atoms with E-state index in [1.807, 2.05) is 0 Å². The van der Waals surface area contributed by atoms with Gasteiger partial charge < -0.3 is 20.3 Å². The number of nitrogens with zero attached hydrogens (tertiary/aromatic N) is 2. The lowest BCUT2D eigenvalue weighted by Crippen LogP contribution is -2.50. The second-order valence-corrected chi connectivity index (χ2v) is 11.0. The van der Waals surface area contributed by atoms with E-state index >= 15 is 4.39 Å². The summed E-state index contributed by atoms with van der Waals surface area (Å²) in [6.45, 7) is 5.72. The third kappa shape index (κ3) is 6.67. The molecule has 9 heteroatoms. The highest BCUT2D eigenvalue weighted by Gasteiger charge is 2.34. The van der Waals surface area contributed by atoms with Crippen LogP contribution in [0.25, 0.3) is 11.1 Å². The van der Waals surface area contributed by atoms with Crippen LogP contribution in [0.2, 0.25) is 0 Å². The minimum Gasteiger partial charge on any atom is -0.490 e. The van der Waals surface area contributed by atoms with E-state index in [0.717, 1.165) is 32.4 Å². The zero-order valence-electron chi connectivity index (χ0n) is 22.0. The number of amides is 2. The lowest BCUT2D eigenvalue weighted by Gasteiger charge is -2.34. The second kappa shape index (κ2) is 11.8. The number of piperidine rings is 2. The summed E-state index contributed by atoms with van der Waals surface area (Å²) in [6.07, 6.45) is 3.55. The SMILES string of the molecule is CC(C)(F)CN1CCC(COc2ccc(-c3cccc(F)c3C(=O)N3CCCC[C@H]3C(N)=O)cc2F)CC1. The van der Waals surface area contributed by atoms with Gasteiger partial charge in [-0.15, -0.1) is 0 Å². The van der Waals surface area contributed by atoms with Gasteiger partial charge >= 0.3 is 0 Å². The molecule has 0 aromatic heterocycles. The fourth-order valence-electron chi connectivity index (χ4n) is 5.43. The van der Waals surface area contributed by atoms with E-state index in [2.05, 4.69) is 4.90 Å². The summed E-state index contributed by atoms with van der Waals surface area (Å²) < 4.78 is 49.7. The zero-order valence-corrected chi connectivity index (χ0v) is 22.0. The van der Waals surface area contributed by atoms with Gasteiger partial charge in [0.05, 0.1) is 12.2 Å². The molecule has 2 fully saturated rings. The van der Waals surface area contributed by atoms with Crippen LogP contribution < -0.4 is 10.5 Å². The maximum atomic E-state index is 15.1. The minimum absolute atomic E-state index is 0.0789. The van der Waals surface area contributed by atoms with Crippen LogP contribution in [-0.4, -0.2) is 66.1 Å². The van der Waals surface area contributed by atoms with Gasteiger partial charge in [0.1, 0.15) is 17.5 Å². The van der Waals surface area contributed by atoms with E-state index in [1.54, 1.807) is 26.0 Å². The number of alkyl halides is 1. The molecular formula is C29H36F3N3O3. The molecular weight excluding hydrogens is 495 g/mol. The molecule has 0 radical (unpaired) electrons. The van der Waals surface area contributed by atoms with E-state index in [4.69, 9.17) is 10.5 Å². The number of likely N-dealkylation sites (tertiary alicyclic amines) is 2. The average Bonchev–Trinajstić information content (AvgIpc) is 2.87. The Morgan fingerprint density at radius 1 is 1.03 bits per heavy atom. The largest absolute Gasteiger partial charge is 0.490 e. The minimum atomic E-state index is -1.24. The standard InChI is InChI=1S/C29H36F3N3O3/c1-29(2,32)18-34-14-11-19(12-15-34)17-38-25-10-9-20(16-23(25)31)21-6-5-7-22(30)26(21)28(37)35-13-4-3-8-24(35)27(33)36/h5-7,9-10,16,19,24H,3-4,8,11-15,17-18H2,1-2H3,(H2,33,36)/t24-/m0/s1. The van der Waals surface area contributed by atoms with E-state index in [0.29, 0.717) is 38.1 Å². The number of hydrogen-bond donors (Lipinski definition) is 1. The Morgan fingerprint density at radius 2 is 1.76 bits per heavy atom. The number of nitrogens with two attached hydrogens (primary N) is 1. The Morgan fingerprint density at radius 3 is 2.42 bits per heavy atom. The number of primary amides is 1. The van der Waals surface area contributed by atoms with Crippen molar-refractivity contribution in [1.82, 2.24) is 9.80 Å². The Hall–Kier alpha value is -3.07. The summed E-state index contributed by atoms with van der Waals surface area (Å²) in [5.74, 6) is -2.30. The van der Waals surface area contributed by atoms with Crippen molar-refractivity contribution in [3.8, 4) is 16.9 Å². The number of rotatable bonds is 8. The predicted octanol–water partition coefficient (Wildman–Crippen LogP) is 4.95. The molecule has 2 amide bonds. The lowest BCUT2D eigenvalue weighted by atomic mass is 9.95. The molecule has 38 heavy (non-hydrogen) atoms. The number of carbonyl (C=O) groups excluding carboxylic acids is 2. The van der Waals surface area contributed by atoms with Crippen LogP contribution in [-0.2, 0) is 4.79 Å². The van der Waals surface area contributed by atoms with Crippen LogP contribution >= 0.6 is 0 Å². The molecule has 4 rings (SSSR count). The fourth-order valence-corrected chi connectivity index (χ4v) is 5.43. The zero-order chi connectivity index (χ0) is 27.4. The van der Waals surface area contributed by atoms with Gasteiger partial charge in [-0.3, -0.25) is 9.59 Å². The molecule has 2 aromatic carbocycles. The van der Waals surface area contributed by atoms with Gasteiger partial charge in [0.2, 0.25) is 5.91 Å². The van der Waals surface area contributed by atoms with Gasteiger partial charge in [-0.25, -0.2) is 13.2 Å². The van der Waals surface area contributed by atoms with Crippen LogP contribution in [0.1, 0.15) is 56.3 Å². The lowest BCUT2D eigenvalue weighted by molar-refractivity contribution is -0.123. The maximum Gasteiger partial charge on any atom is 0.258 e. The Balaban J connectivity index is 1.46. The van der Waals surface area contributed by atoms with Crippen molar-refractivity contribution in [3.63, 3.8) is 0 Å². The van der Waals surface area contributed by atoms with Crippen LogP contribution in [0, 0.1) is 17.6 Å².